The molecule has 0 unspecified atom stereocenters. The summed E-state index contributed by atoms with van der Waals surface area (Å²) < 4.78 is 0. The minimum Gasteiger partial charge on any atom is -0.0620 e. The number of hydrogen-bond donors (Lipinski definition) is 0. The van der Waals surface area contributed by atoms with E-state index in [2.05, 4.69) is 121 Å². The quantitative estimate of drug-likeness (QED) is 0.355. The Bertz CT molecular complexity index is 759. The van der Waals surface area contributed by atoms with Gasteiger partial charge in [-0.2, -0.15) is 0 Å². The van der Waals surface area contributed by atoms with Crippen molar-refractivity contribution in [1.82, 2.24) is 0 Å². The summed E-state index contributed by atoms with van der Waals surface area (Å²) in [6, 6.07) is 43.8. The molecule has 0 amide bonds. The predicted octanol–water partition coefficient (Wildman–Crippen LogP) is 4.30. The zero-order valence-corrected chi connectivity index (χ0v) is 16.2. The molecule has 0 aromatic heterocycles. The van der Waals surface area contributed by atoms with E-state index < -0.39 is 7.26 Å². The average molecular weight is 398 g/mol. The summed E-state index contributed by atoms with van der Waals surface area (Å²) in [6.45, 7) is 0. The Morgan fingerprint density at radius 3 is 0.692 bits per heavy atom. The monoisotopic (exact) mass is 397 g/mol. The first kappa shape index (κ1) is 18.6. The Morgan fingerprint density at radius 1 is 0.308 bits per heavy atom. The summed E-state index contributed by atoms with van der Waals surface area (Å²) >= 11 is 0. The van der Waals surface area contributed by atoms with E-state index in [-0.39, 0.29) is 16.5 Å². The molecule has 4 aromatic rings. The number of benzene rings is 4. The first-order valence-corrected chi connectivity index (χ1v) is 10.3. The maximum absolute atomic E-state index is 2.28. The molecule has 0 aliphatic carbocycles. The van der Waals surface area contributed by atoms with Gasteiger partial charge in [-0.1, -0.05) is 72.8 Å². The molecule has 130 valence electrons. The van der Waals surface area contributed by atoms with E-state index in [4.69, 9.17) is 0 Å². The second-order valence-electron chi connectivity index (χ2n) is 6.01. The maximum Gasteiger partial charge on any atom is 0.144 e. The molecule has 0 fully saturated rings. The Morgan fingerprint density at radius 2 is 0.500 bits per heavy atom. The topological polar surface area (TPSA) is 0 Å². The molecule has 4 rings (SSSR count). The molecule has 2 heteroatoms. The minimum atomic E-state index is -1.91. The fourth-order valence-electron chi connectivity index (χ4n) is 3.50. The van der Waals surface area contributed by atoms with Crippen LogP contribution >= 0.6 is 7.26 Å². The van der Waals surface area contributed by atoms with Gasteiger partial charge < -0.3 is 0 Å². The van der Waals surface area contributed by atoms with Crippen LogP contribution in [0.5, 0.6) is 0 Å². The van der Waals surface area contributed by atoms with Crippen LogP contribution in [0.4, 0.5) is 0 Å². The Labute approximate surface area is 166 Å². The molecule has 0 saturated carbocycles. The molecule has 0 bridgehead atoms. The summed E-state index contributed by atoms with van der Waals surface area (Å²) in [6.07, 6.45) is 0. The molecule has 0 radical (unpaired) electrons. The molecule has 0 atom stereocenters. The van der Waals surface area contributed by atoms with E-state index in [1.54, 1.807) is 0 Å². The van der Waals surface area contributed by atoms with Crippen LogP contribution in [0.2, 0.25) is 0 Å². The van der Waals surface area contributed by atoms with Crippen molar-refractivity contribution in [2.24, 2.45) is 0 Å². The van der Waals surface area contributed by atoms with Crippen molar-refractivity contribution in [3.05, 3.63) is 121 Å². The first-order valence-electron chi connectivity index (χ1n) is 8.54. The molecular weight excluding hydrogens is 378 g/mol. The van der Waals surface area contributed by atoms with Crippen molar-refractivity contribution >= 4 is 28.5 Å². The third-order valence-corrected chi connectivity index (χ3v) is 8.86. The van der Waals surface area contributed by atoms with Gasteiger partial charge >= 0.3 is 0 Å². The van der Waals surface area contributed by atoms with Gasteiger partial charge in [-0.3, -0.25) is 0 Å². The van der Waals surface area contributed by atoms with Gasteiger partial charge in [-0.25, -0.2) is 0 Å². The fraction of sp³-hybridized carbons (Fsp3) is 0. The third kappa shape index (κ3) is 3.26. The van der Waals surface area contributed by atoms with E-state index >= 15 is 0 Å². The van der Waals surface area contributed by atoms with Gasteiger partial charge in [-0.05, 0) is 48.5 Å². The van der Waals surface area contributed by atoms with Crippen LogP contribution in [-0.2, 0) is 16.5 Å². The van der Waals surface area contributed by atoms with E-state index in [9.17, 15) is 0 Å². The van der Waals surface area contributed by atoms with Gasteiger partial charge in [0.2, 0.25) is 0 Å². The molecule has 0 aliphatic rings. The van der Waals surface area contributed by atoms with Crippen molar-refractivity contribution in [1.29, 1.82) is 0 Å². The molecule has 26 heavy (non-hydrogen) atoms. The molecule has 0 heterocycles. The second kappa shape index (κ2) is 8.46. The van der Waals surface area contributed by atoms with Crippen LogP contribution in [0.15, 0.2) is 121 Å². The third-order valence-electron chi connectivity index (χ3n) is 4.57. The summed E-state index contributed by atoms with van der Waals surface area (Å²) in [7, 11) is -1.91. The number of rotatable bonds is 4. The van der Waals surface area contributed by atoms with Gasteiger partial charge in [0.25, 0.3) is 0 Å². The molecule has 0 aliphatic heterocycles. The fourth-order valence-corrected chi connectivity index (χ4v) is 7.77. The largest absolute Gasteiger partial charge is 0.144 e. The van der Waals surface area contributed by atoms with Crippen molar-refractivity contribution in [3.63, 3.8) is 0 Å². The maximum atomic E-state index is 2.28. The minimum absolute atomic E-state index is 0. The van der Waals surface area contributed by atoms with Gasteiger partial charge in [-0.15, -0.1) is 0 Å². The molecule has 0 saturated heterocycles. The first-order chi connectivity index (χ1) is 12.4. The van der Waals surface area contributed by atoms with Crippen LogP contribution in [0, 0.1) is 0 Å². The van der Waals surface area contributed by atoms with Gasteiger partial charge in [0, 0.05) is 16.5 Å². The molecule has 4 aromatic carbocycles. The molecule has 0 spiro atoms. The van der Waals surface area contributed by atoms with Gasteiger partial charge in [0.05, 0.1) is 0 Å². The van der Waals surface area contributed by atoms with Crippen LogP contribution in [-0.4, -0.2) is 0 Å². The van der Waals surface area contributed by atoms with Crippen molar-refractivity contribution in [3.8, 4) is 0 Å². The predicted molar refractivity (Wildman–Crippen MR) is 111 cm³/mol. The smallest absolute Gasteiger partial charge is 0.0620 e. The van der Waals surface area contributed by atoms with Crippen molar-refractivity contribution in [2.45, 2.75) is 0 Å². The van der Waals surface area contributed by atoms with Crippen LogP contribution in [0.25, 0.3) is 0 Å². The Hall–Kier alpha value is -2.20. The van der Waals surface area contributed by atoms with E-state index in [1.165, 1.54) is 21.2 Å². The molecular formula is C24H20NiP+. The zero-order chi connectivity index (χ0) is 17.0. The van der Waals surface area contributed by atoms with Crippen LogP contribution < -0.4 is 21.2 Å². The Kier molecular flexibility index (Phi) is 6.05. The second-order valence-corrected chi connectivity index (χ2v) is 9.42. The van der Waals surface area contributed by atoms with Crippen molar-refractivity contribution in [2.75, 3.05) is 0 Å². The standard InChI is InChI=1S/C24H20P.Ni/c1-5-13-21(14-6-1)25(22-15-7-2-8-16-22,23-17-9-3-10-18-23)24-19-11-4-12-20-24;/h1-20H;/q+1;. The number of hydrogen-bond acceptors (Lipinski definition) is 0. The Balaban J connectivity index is 0.00000196. The SMILES string of the molecule is [Ni].c1ccc([P+](c2ccccc2)(c2ccccc2)c2ccccc2)cc1. The van der Waals surface area contributed by atoms with Crippen LogP contribution in [0.3, 0.4) is 0 Å². The van der Waals surface area contributed by atoms with E-state index in [0.29, 0.717) is 0 Å². The van der Waals surface area contributed by atoms with E-state index in [0.717, 1.165) is 0 Å². The van der Waals surface area contributed by atoms with E-state index in [1.807, 2.05) is 0 Å². The van der Waals surface area contributed by atoms with Crippen molar-refractivity contribution < 1.29 is 16.5 Å². The summed E-state index contributed by atoms with van der Waals surface area (Å²) in [5.74, 6) is 0. The summed E-state index contributed by atoms with van der Waals surface area (Å²) in [5, 5.41) is 5.55. The summed E-state index contributed by atoms with van der Waals surface area (Å²) in [5.41, 5.74) is 0. The van der Waals surface area contributed by atoms with Gasteiger partial charge in [0.1, 0.15) is 28.5 Å². The van der Waals surface area contributed by atoms with Crippen LogP contribution in [0.1, 0.15) is 0 Å². The molecule has 0 nitrogen and oxygen atoms in total. The molecule has 0 N–H and O–H groups in total. The normalized spacial score (nSPS) is 10.8. The summed E-state index contributed by atoms with van der Waals surface area (Å²) in [4.78, 5) is 0. The van der Waals surface area contributed by atoms with Gasteiger partial charge in [0.15, 0.2) is 0 Å². The average Bonchev–Trinajstić information content (AvgIpc) is 2.72. The zero-order valence-electron chi connectivity index (χ0n) is 14.3.